The fraction of sp³-hybridized carbons (Fsp3) is 0.545. The first-order chi connectivity index (χ1) is 14.9. The lowest BCUT2D eigenvalue weighted by Crippen LogP contribution is -2.52. The predicted octanol–water partition coefficient (Wildman–Crippen LogP) is 3.59. The number of nitrogens with zero attached hydrogens (tertiary/aromatic N) is 4. The molecule has 1 atom stereocenters. The molecule has 0 N–H and O–H groups in total. The second-order valence-corrected chi connectivity index (χ2v) is 13.4. The number of aromatic nitrogens is 2. The number of rotatable bonds is 4. The number of anilines is 1. The molecule has 1 saturated carbocycles. The summed E-state index contributed by atoms with van der Waals surface area (Å²) in [7, 11) is -2.00. The van der Waals surface area contributed by atoms with Crippen molar-refractivity contribution < 1.29 is 9.00 Å². The summed E-state index contributed by atoms with van der Waals surface area (Å²) >= 11 is 7.77. The number of carbonyl (C=O) groups is 1. The van der Waals surface area contributed by atoms with E-state index in [1.165, 1.54) is 24.2 Å². The molecule has 0 spiro atoms. The highest BCUT2D eigenvalue weighted by atomic mass is 35.5. The van der Waals surface area contributed by atoms with Gasteiger partial charge in [-0.3, -0.25) is 9.00 Å². The van der Waals surface area contributed by atoms with Crippen LogP contribution in [0, 0.1) is 5.92 Å². The molecule has 2 aliphatic heterocycles. The predicted molar refractivity (Wildman–Crippen MR) is 128 cm³/mol. The Morgan fingerprint density at radius 3 is 2.45 bits per heavy atom. The van der Waals surface area contributed by atoms with Gasteiger partial charge < -0.3 is 9.80 Å². The minimum Gasteiger partial charge on any atom is -0.365 e. The highest BCUT2D eigenvalue weighted by molar-refractivity contribution is 8.00. The van der Waals surface area contributed by atoms with Crippen molar-refractivity contribution in [1.29, 1.82) is 0 Å². The van der Waals surface area contributed by atoms with Gasteiger partial charge in [0.2, 0.25) is 5.91 Å². The fourth-order valence-corrected chi connectivity index (χ4v) is 7.32. The van der Waals surface area contributed by atoms with Crippen LogP contribution < -0.4 is 4.90 Å². The molecule has 4 heterocycles. The molecule has 3 fully saturated rings. The van der Waals surface area contributed by atoms with Gasteiger partial charge in [0.15, 0.2) is 0 Å². The molecular formula is C22H27ClN4O2S2. The molecule has 5 rings (SSSR count). The Bertz CT molecular complexity index is 1050. The van der Waals surface area contributed by atoms with E-state index in [2.05, 4.69) is 20.7 Å². The molecule has 31 heavy (non-hydrogen) atoms. The molecule has 2 aromatic heterocycles. The van der Waals surface area contributed by atoms with Gasteiger partial charge in [0.1, 0.15) is 5.82 Å². The second-order valence-electron chi connectivity index (χ2n) is 8.86. The van der Waals surface area contributed by atoms with Crippen molar-refractivity contribution in [2.75, 3.05) is 36.0 Å². The number of hydrogen-bond acceptors (Lipinski definition) is 6. The van der Waals surface area contributed by atoms with E-state index < -0.39 is 9.52 Å². The summed E-state index contributed by atoms with van der Waals surface area (Å²) in [5.74, 6) is 6.51. The highest BCUT2D eigenvalue weighted by Crippen LogP contribution is 2.39. The minimum atomic E-state index is -2.00. The van der Waals surface area contributed by atoms with Crippen molar-refractivity contribution in [3.63, 3.8) is 0 Å². The Morgan fingerprint density at radius 1 is 1.13 bits per heavy atom. The lowest BCUT2D eigenvalue weighted by atomic mass is 9.98. The van der Waals surface area contributed by atoms with Crippen LogP contribution in [0.1, 0.15) is 48.3 Å². The van der Waals surface area contributed by atoms with Crippen LogP contribution in [-0.2, 0) is 14.3 Å². The molecule has 3 aliphatic rings. The molecule has 0 radical (unpaired) electrons. The van der Waals surface area contributed by atoms with E-state index in [1.807, 2.05) is 29.4 Å². The first-order valence-corrected chi connectivity index (χ1v) is 14.1. The number of halogens is 1. The summed E-state index contributed by atoms with van der Waals surface area (Å²) in [5.41, 5.74) is 0.999. The molecule has 2 aromatic rings. The minimum absolute atomic E-state index is 0.0621. The van der Waals surface area contributed by atoms with E-state index in [9.17, 15) is 9.00 Å². The van der Waals surface area contributed by atoms with Gasteiger partial charge in [-0.2, -0.15) is 0 Å². The summed E-state index contributed by atoms with van der Waals surface area (Å²) in [4.78, 5) is 28.0. The molecular weight excluding hydrogens is 452 g/mol. The normalized spacial score (nSPS) is 29.2. The van der Waals surface area contributed by atoms with Crippen molar-refractivity contribution in [2.24, 2.45) is 5.92 Å². The molecule has 1 amide bonds. The molecule has 9 heteroatoms. The zero-order valence-corrected chi connectivity index (χ0v) is 19.8. The fourth-order valence-electron chi connectivity index (χ4n) is 4.52. The summed E-state index contributed by atoms with van der Waals surface area (Å²) < 4.78 is 13.0. The van der Waals surface area contributed by atoms with E-state index in [0.717, 1.165) is 27.3 Å². The van der Waals surface area contributed by atoms with Crippen LogP contribution in [0.5, 0.6) is 0 Å². The first-order valence-electron chi connectivity index (χ1n) is 10.8. The van der Waals surface area contributed by atoms with Crippen LogP contribution in [-0.4, -0.2) is 62.0 Å². The Labute approximate surface area is 192 Å². The van der Waals surface area contributed by atoms with Crippen LogP contribution in [0.3, 0.4) is 0 Å². The number of amides is 1. The van der Waals surface area contributed by atoms with Crippen molar-refractivity contribution in [1.82, 2.24) is 14.9 Å². The maximum absolute atomic E-state index is 13.5. The first kappa shape index (κ1) is 21.2. The maximum atomic E-state index is 13.5. The van der Waals surface area contributed by atoms with Gasteiger partial charge in [0, 0.05) is 47.9 Å². The van der Waals surface area contributed by atoms with Crippen LogP contribution in [0.25, 0.3) is 0 Å². The van der Waals surface area contributed by atoms with Gasteiger partial charge in [0.05, 0.1) is 28.5 Å². The molecule has 166 valence electrons. The van der Waals surface area contributed by atoms with Crippen molar-refractivity contribution in [2.45, 2.75) is 37.6 Å². The number of thiophene rings is 1. The summed E-state index contributed by atoms with van der Waals surface area (Å²) in [6.07, 6.45) is 7.54. The van der Waals surface area contributed by atoms with Crippen LogP contribution in [0.2, 0.25) is 4.34 Å². The maximum Gasteiger partial charge on any atom is 0.226 e. The average molecular weight is 479 g/mol. The van der Waals surface area contributed by atoms with Gasteiger partial charge in [-0.1, -0.05) is 11.6 Å². The zero-order valence-electron chi connectivity index (χ0n) is 17.4. The van der Waals surface area contributed by atoms with Gasteiger partial charge in [0.25, 0.3) is 0 Å². The third kappa shape index (κ3) is 4.61. The van der Waals surface area contributed by atoms with Gasteiger partial charge >= 0.3 is 0 Å². The van der Waals surface area contributed by atoms with E-state index in [0.29, 0.717) is 43.4 Å². The molecule has 0 bridgehead atoms. The number of carbonyl (C=O) groups excluding carboxylic acids is 1. The van der Waals surface area contributed by atoms with E-state index >= 15 is 0 Å². The Hall–Kier alpha value is -1.64. The second kappa shape index (κ2) is 8.37. The topological polar surface area (TPSA) is 66.4 Å². The van der Waals surface area contributed by atoms with E-state index in [4.69, 9.17) is 11.6 Å². The summed E-state index contributed by atoms with van der Waals surface area (Å²) in [5, 5.41) is 0. The van der Waals surface area contributed by atoms with E-state index in [1.54, 1.807) is 0 Å². The molecule has 0 aromatic carbocycles. The van der Waals surface area contributed by atoms with E-state index in [-0.39, 0.29) is 17.9 Å². The van der Waals surface area contributed by atoms with Crippen molar-refractivity contribution in [3.05, 3.63) is 39.6 Å². The summed E-state index contributed by atoms with van der Waals surface area (Å²) in [6.45, 7) is 2.07. The lowest BCUT2D eigenvalue weighted by Gasteiger charge is -2.43. The highest BCUT2D eigenvalue weighted by Gasteiger charge is 2.37. The summed E-state index contributed by atoms with van der Waals surface area (Å²) in [6, 6.07) is 3.86. The lowest BCUT2D eigenvalue weighted by molar-refractivity contribution is -0.138. The smallest absolute Gasteiger partial charge is 0.226 e. The number of hydrogen-bond donors (Lipinski definition) is 0. The molecule has 2 saturated heterocycles. The quantitative estimate of drug-likeness (QED) is 0.628. The standard InChI is InChI=1S/C22H27ClN4O2S2/c1-31(29)10-6-16(7-11-31)22(28)27-9-8-26(14-18(27)19-4-5-20(23)30-19)17-12-24-21(25-13-17)15-2-3-15/h4-5,12-13,15-16,18H,1-3,6-11,14H2. The van der Waals surface area contributed by atoms with Crippen LogP contribution >= 0.6 is 22.9 Å². The number of piperazine rings is 1. The van der Waals surface area contributed by atoms with Gasteiger partial charge in [-0.25, -0.2) is 9.97 Å². The molecule has 1 unspecified atom stereocenters. The zero-order chi connectivity index (χ0) is 21.6. The van der Waals surface area contributed by atoms with Crippen LogP contribution in [0.15, 0.2) is 24.5 Å². The average Bonchev–Trinajstić information content (AvgIpc) is 3.53. The Balaban J connectivity index is 1.35. The van der Waals surface area contributed by atoms with Gasteiger partial charge in [-0.05, 0) is 53.2 Å². The van der Waals surface area contributed by atoms with Crippen molar-refractivity contribution in [3.8, 4) is 0 Å². The van der Waals surface area contributed by atoms with Gasteiger partial charge in [-0.15, -0.1) is 11.3 Å². The SMILES string of the molecule is C=S1(=O)CCC(C(=O)N2CCN(c3cnc(C4CC4)nc3)CC2c2ccc(Cl)s2)CC1. The Morgan fingerprint density at radius 2 is 1.84 bits per heavy atom. The third-order valence-electron chi connectivity index (χ3n) is 6.58. The molecule has 1 aliphatic carbocycles. The van der Waals surface area contributed by atoms with Crippen molar-refractivity contribution >= 4 is 49.9 Å². The molecule has 6 nitrogen and oxygen atoms in total. The largest absolute Gasteiger partial charge is 0.365 e. The Kier molecular flexibility index (Phi) is 5.73. The van der Waals surface area contributed by atoms with Crippen LogP contribution in [0.4, 0.5) is 5.69 Å². The third-order valence-corrected chi connectivity index (χ3v) is 9.87. The monoisotopic (exact) mass is 478 g/mol.